The second-order valence-corrected chi connectivity index (χ2v) is 6.37. The third kappa shape index (κ3) is 2.48. The van der Waals surface area contributed by atoms with E-state index in [0.717, 1.165) is 23.2 Å². The summed E-state index contributed by atoms with van der Waals surface area (Å²) in [7, 11) is 0. The van der Waals surface area contributed by atoms with E-state index >= 15 is 0 Å². The van der Waals surface area contributed by atoms with E-state index in [1.54, 1.807) is 13.1 Å². The maximum atomic E-state index is 13.0. The minimum atomic E-state index is -1.04. The van der Waals surface area contributed by atoms with Crippen LogP contribution in [0.2, 0.25) is 0 Å². The number of nitrogens with one attached hydrogen (secondary N) is 1. The van der Waals surface area contributed by atoms with Crippen LogP contribution in [0.5, 0.6) is 0 Å². The van der Waals surface area contributed by atoms with Crippen LogP contribution in [0.4, 0.5) is 4.79 Å². The summed E-state index contributed by atoms with van der Waals surface area (Å²) in [6.07, 6.45) is 3.52. The number of benzene rings is 1. The molecule has 1 N–H and O–H groups in total. The van der Waals surface area contributed by atoms with Crippen LogP contribution in [0.3, 0.4) is 0 Å². The molecular formula is C18H22N4O2. The van der Waals surface area contributed by atoms with E-state index in [0.29, 0.717) is 5.82 Å². The van der Waals surface area contributed by atoms with Gasteiger partial charge in [0, 0.05) is 18.9 Å². The Hall–Kier alpha value is -2.63. The van der Waals surface area contributed by atoms with E-state index in [1.165, 1.54) is 4.90 Å². The molecule has 126 valence electrons. The third-order valence-electron chi connectivity index (χ3n) is 4.80. The van der Waals surface area contributed by atoms with Gasteiger partial charge in [-0.15, -0.1) is 0 Å². The van der Waals surface area contributed by atoms with Gasteiger partial charge < -0.3 is 9.88 Å². The van der Waals surface area contributed by atoms with Crippen LogP contribution < -0.4 is 5.32 Å². The molecule has 3 rings (SSSR count). The summed E-state index contributed by atoms with van der Waals surface area (Å²) in [5, 5.41) is 2.84. The highest BCUT2D eigenvalue weighted by atomic mass is 16.2. The first-order valence-corrected chi connectivity index (χ1v) is 8.08. The summed E-state index contributed by atoms with van der Waals surface area (Å²) in [5.41, 5.74) is 2.00. The molecule has 0 aliphatic carbocycles. The van der Waals surface area contributed by atoms with Crippen molar-refractivity contribution in [2.24, 2.45) is 0 Å². The normalized spacial score (nSPS) is 20.6. The Kier molecular flexibility index (Phi) is 3.91. The molecule has 3 amide bonds. The number of aromatic nitrogens is 2. The lowest BCUT2D eigenvalue weighted by molar-refractivity contribution is -0.131. The van der Waals surface area contributed by atoms with Crippen molar-refractivity contribution >= 4 is 11.9 Å². The van der Waals surface area contributed by atoms with E-state index in [2.05, 4.69) is 10.3 Å². The van der Waals surface area contributed by atoms with Gasteiger partial charge >= 0.3 is 6.03 Å². The fourth-order valence-electron chi connectivity index (χ4n) is 3.01. The van der Waals surface area contributed by atoms with Gasteiger partial charge in [0.15, 0.2) is 0 Å². The Balaban J connectivity index is 1.91. The lowest BCUT2D eigenvalue weighted by Crippen LogP contribution is -2.41. The fraction of sp³-hybridized carbons (Fsp3) is 0.389. The molecule has 6 heteroatoms. The van der Waals surface area contributed by atoms with E-state index in [1.807, 2.05) is 49.7 Å². The van der Waals surface area contributed by atoms with Crippen LogP contribution in [-0.4, -0.2) is 26.4 Å². The van der Waals surface area contributed by atoms with Gasteiger partial charge in [0.05, 0.1) is 6.54 Å². The topological polar surface area (TPSA) is 67.2 Å². The number of rotatable bonds is 4. The number of carbonyl (C=O) groups is 2. The van der Waals surface area contributed by atoms with Crippen molar-refractivity contribution in [3.63, 3.8) is 0 Å². The molecule has 24 heavy (non-hydrogen) atoms. The first kappa shape index (κ1) is 16.2. The average molecular weight is 326 g/mol. The largest absolute Gasteiger partial charge is 0.334 e. The van der Waals surface area contributed by atoms with Crippen molar-refractivity contribution in [2.75, 3.05) is 0 Å². The molecule has 1 aliphatic rings. The molecule has 1 aromatic heterocycles. The zero-order valence-corrected chi connectivity index (χ0v) is 14.5. The molecule has 0 spiro atoms. The van der Waals surface area contributed by atoms with Gasteiger partial charge in [0.1, 0.15) is 11.4 Å². The Morgan fingerprint density at radius 1 is 1.21 bits per heavy atom. The number of carbonyl (C=O) groups excluding carboxylic acids is 2. The summed E-state index contributed by atoms with van der Waals surface area (Å²) < 4.78 is 1.92. The molecule has 1 aliphatic heterocycles. The van der Waals surface area contributed by atoms with Crippen molar-refractivity contribution < 1.29 is 9.59 Å². The van der Waals surface area contributed by atoms with E-state index in [4.69, 9.17) is 0 Å². The molecule has 1 atom stereocenters. The SMILES string of the molecule is CCn1ccnc1CN1C(=O)NC(C)(c2ccc(C)c(C)c2)C1=O. The number of imide groups is 1. The van der Waals surface area contributed by atoms with Gasteiger partial charge in [-0.2, -0.15) is 0 Å². The van der Waals surface area contributed by atoms with Crippen molar-refractivity contribution in [2.45, 2.75) is 46.3 Å². The van der Waals surface area contributed by atoms with E-state index in [9.17, 15) is 9.59 Å². The van der Waals surface area contributed by atoms with Gasteiger partial charge in [0.25, 0.3) is 5.91 Å². The second-order valence-electron chi connectivity index (χ2n) is 6.37. The molecule has 0 saturated carbocycles. The predicted molar refractivity (Wildman–Crippen MR) is 90.3 cm³/mol. The van der Waals surface area contributed by atoms with Crippen LogP contribution in [0.15, 0.2) is 30.6 Å². The number of nitrogens with zero attached hydrogens (tertiary/aromatic N) is 3. The van der Waals surface area contributed by atoms with Crippen molar-refractivity contribution in [3.05, 3.63) is 53.1 Å². The molecule has 2 heterocycles. The lowest BCUT2D eigenvalue weighted by Gasteiger charge is -2.23. The molecule has 1 unspecified atom stereocenters. The maximum Gasteiger partial charge on any atom is 0.325 e. The van der Waals surface area contributed by atoms with Crippen molar-refractivity contribution in [1.82, 2.24) is 19.8 Å². The zero-order chi connectivity index (χ0) is 17.5. The standard InChI is InChI=1S/C18H22N4O2/c1-5-21-9-8-19-15(21)11-22-16(23)18(4,20-17(22)24)14-7-6-12(2)13(3)10-14/h6-10H,5,11H2,1-4H3,(H,20,24). The summed E-state index contributed by atoms with van der Waals surface area (Å²) in [5.74, 6) is 0.451. The predicted octanol–water partition coefficient (Wildman–Crippen LogP) is 2.49. The molecule has 1 fully saturated rings. The van der Waals surface area contributed by atoms with Crippen LogP contribution in [-0.2, 0) is 23.4 Å². The Bertz CT molecular complexity index is 811. The fourth-order valence-corrected chi connectivity index (χ4v) is 3.01. The number of imidazole rings is 1. The molecule has 0 radical (unpaired) electrons. The minimum absolute atomic E-state index is 0.173. The number of urea groups is 1. The monoisotopic (exact) mass is 326 g/mol. The number of hydrogen-bond acceptors (Lipinski definition) is 3. The summed E-state index contributed by atoms with van der Waals surface area (Å²) in [4.78, 5) is 30.9. The van der Waals surface area contributed by atoms with Crippen LogP contribution >= 0.6 is 0 Å². The molecule has 1 aromatic carbocycles. The van der Waals surface area contributed by atoms with E-state index < -0.39 is 5.54 Å². The maximum absolute atomic E-state index is 13.0. The molecule has 6 nitrogen and oxygen atoms in total. The highest BCUT2D eigenvalue weighted by molar-refractivity contribution is 6.07. The minimum Gasteiger partial charge on any atom is -0.334 e. The third-order valence-corrected chi connectivity index (χ3v) is 4.80. The molecule has 0 bridgehead atoms. The van der Waals surface area contributed by atoms with Gasteiger partial charge in [-0.3, -0.25) is 9.69 Å². The zero-order valence-electron chi connectivity index (χ0n) is 14.5. The summed E-state index contributed by atoms with van der Waals surface area (Å²) in [6, 6.07) is 5.45. The Morgan fingerprint density at radius 3 is 2.62 bits per heavy atom. The van der Waals surface area contributed by atoms with Crippen LogP contribution in [0.1, 0.15) is 36.4 Å². The van der Waals surface area contributed by atoms with Gasteiger partial charge in [-0.1, -0.05) is 18.2 Å². The first-order chi connectivity index (χ1) is 11.4. The number of aryl methyl sites for hydroxylation is 3. The molecule has 2 aromatic rings. The quantitative estimate of drug-likeness (QED) is 0.878. The van der Waals surface area contributed by atoms with Crippen molar-refractivity contribution in [3.8, 4) is 0 Å². The summed E-state index contributed by atoms with van der Waals surface area (Å²) in [6.45, 7) is 8.69. The Morgan fingerprint density at radius 2 is 1.96 bits per heavy atom. The molecular weight excluding hydrogens is 304 g/mol. The smallest absolute Gasteiger partial charge is 0.325 e. The molecule has 1 saturated heterocycles. The lowest BCUT2D eigenvalue weighted by atomic mass is 9.90. The van der Waals surface area contributed by atoms with Gasteiger partial charge in [-0.05, 0) is 44.4 Å². The van der Waals surface area contributed by atoms with Crippen molar-refractivity contribution in [1.29, 1.82) is 0 Å². The highest BCUT2D eigenvalue weighted by Crippen LogP contribution is 2.30. The number of amides is 3. The number of hydrogen-bond donors (Lipinski definition) is 1. The highest BCUT2D eigenvalue weighted by Gasteiger charge is 2.49. The first-order valence-electron chi connectivity index (χ1n) is 8.08. The Labute approximate surface area is 141 Å². The van der Waals surface area contributed by atoms with Gasteiger partial charge in [-0.25, -0.2) is 9.78 Å². The summed E-state index contributed by atoms with van der Waals surface area (Å²) >= 11 is 0. The van der Waals surface area contributed by atoms with Crippen LogP contribution in [0, 0.1) is 13.8 Å². The average Bonchev–Trinajstić information content (AvgIpc) is 3.09. The van der Waals surface area contributed by atoms with E-state index in [-0.39, 0.29) is 18.5 Å². The second kappa shape index (κ2) is 5.78. The van der Waals surface area contributed by atoms with Gasteiger partial charge in [0.2, 0.25) is 0 Å². The van der Waals surface area contributed by atoms with Crippen LogP contribution in [0.25, 0.3) is 0 Å².